The smallest absolute Gasteiger partial charge is 0.305 e. The Morgan fingerprint density at radius 2 is 0.495 bits per heavy atom. The molecule has 2 unspecified atom stereocenters. The van der Waals surface area contributed by atoms with Gasteiger partial charge in [-0.3, -0.25) is 9.59 Å². The van der Waals surface area contributed by atoms with Gasteiger partial charge in [-0.15, -0.1) is 0 Å². The zero-order chi connectivity index (χ0) is 67.0. The summed E-state index contributed by atoms with van der Waals surface area (Å²) in [5.74, 6) is -0.0293. The Hall–Kier alpha value is -1.40. The van der Waals surface area contributed by atoms with Crippen molar-refractivity contribution in [3.05, 3.63) is 12.2 Å². The van der Waals surface area contributed by atoms with Gasteiger partial charge in [0.15, 0.2) is 0 Å². The molecule has 0 aliphatic carbocycles. The number of nitrogens with one attached hydrogen (secondary N) is 1. The van der Waals surface area contributed by atoms with Crippen molar-refractivity contribution in [2.24, 2.45) is 0 Å². The fourth-order valence-electron chi connectivity index (χ4n) is 14.2. The lowest BCUT2D eigenvalue weighted by Gasteiger charge is -2.20. The SMILES string of the molecule is CCCCCCCCCCCCCCCCCCCCCCCCC/C=C/C(O)C(CO)NC(=O)CCCCCCCCCCCCCCCCCCCCCCCCCCCCCCCCCCCOC(=O)CCCCCCCCCCCCCCCCCCCC. The molecule has 6 heteroatoms. The summed E-state index contributed by atoms with van der Waals surface area (Å²) in [6.45, 7) is 4.98. The molecule has 1 amide bonds. The highest BCUT2D eigenvalue weighted by atomic mass is 16.5. The molecule has 0 heterocycles. The van der Waals surface area contributed by atoms with Gasteiger partial charge in [0, 0.05) is 12.8 Å². The summed E-state index contributed by atoms with van der Waals surface area (Å²) in [6, 6.07) is -0.625. The third-order valence-corrected chi connectivity index (χ3v) is 20.8. The molecule has 0 saturated heterocycles. The maximum absolute atomic E-state index is 12.6. The predicted molar refractivity (Wildman–Crippen MR) is 412 cm³/mol. The number of carbonyl (C=O) groups is 2. The third-order valence-electron chi connectivity index (χ3n) is 20.8. The highest BCUT2D eigenvalue weighted by molar-refractivity contribution is 5.76. The van der Waals surface area contributed by atoms with Gasteiger partial charge in [-0.2, -0.15) is 0 Å². The Bertz CT molecular complexity index is 1420. The van der Waals surface area contributed by atoms with Gasteiger partial charge in [-0.1, -0.05) is 475 Å². The minimum absolute atomic E-state index is 0.0274. The maximum Gasteiger partial charge on any atom is 0.305 e. The highest BCUT2D eigenvalue weighted by Crippen LogP contribution is 2.21. The molecular formula is C87H171NO5. The summed E-state index contributed by atoms with van der Waals surface area (Å²) >= 11 is 0. The number of allylic oxidation sites excluding steroid dienone is 1. The molecule has 554 valence electrons. The first kappa shape index (κ1) is 91.6. The van der Waals surface area contributed by atoms with Gasteiger partial charge in [0.25, 0.3) is 0 Å². The minimum Gasteiger partial charge on any atom is -0.466 e. The first-order valence-corrected chi connectivity index (χ1v) is 43.5. The van der Waals surface area contributed by atoms with Gasteiger partial charge < -0.3 is 20.3 Å². The van der Waals surface area contributed by atoms with Crippen molar-refractivity contribution in [3.8, 4) is 0 Å². The minimum atomic E-state index is -0.842. The monoisotopic (exact) mass is 1310 g/mol. The van der Waals surface area contributed by atoms with Crippen LogP contribution in [0.25, 0.3) is 0 Å². The summed E-state index contributed by atoms with van der Waals surface area (Å²) in [5, 5.41) is 23.3. The van der Waals surface area contributed by atoms with Crippen LogP contribution in [0.5, 0.6) is 0 Å². The van der Waals surface area contributed by atoms with Crippen molar-refractivity contribution < 1.29 is 24.5 Å². The van der Waals surface area contributed by atoms with Crippen molar-refractivity contribution in [1.29, 1.82) is 0 Å². The number of carbonyl (C=O) groups excluding carboxylic acids is 2. The lowest BCUT2D eigenvalue weighted by atomic mass is 10.0. The molecule has 0 radical (unpaired) electrons. The fourth-order valence-corrected chi connectivity index (χ4v) is 14.2. The molecule has 2 atom stereocenters. The van der Waals surface area contributed by atoms with Crippen LogP contribution in [0.1, 0.15) is 508 Å². The van der Waals surface area contributed by atoms with Crippen LogP contribution >= 0.6 is 0 Å². The van der Waals surface area contributed by atoms with E-state index in [0.29, 0.717) is 19.4 Å². The van der Waals surface area contributed by atoms with E-state index in [1.807, 2.05) is 6.08 Å². The summed E-state index contributed by atoms with van der Waals surface area (Å²) in [6.07, 6.45) is 107. The van der Waals surface area contributed by atoms with Crippen LogP contribution in [0.15, 0.2) is 12.2 Å². The Kier molecular flexibility index (Phi) is 81.8. The van der Waals surface area contributed by atoms with Crippen molar-refractivity contribution in [2.75, 3.05) is 13.2 Å². The second kappa shape index (κ2) is 83.0. The molecule has 0 aromatic heterocycles. The summed E-state index contributed by atoms with van der Waals surface area (Å²) < 4.78 is 5.52. The number of rotatable bonds is 83. The van der Waals surface area contributed by atoms with Crippen LogP contribution in [-0.4, -0.2) is 47.4 Å². The molecule has 0 bridgehead atoms. The maximum atomic E-state index is 12.6. The zero-order valence-corrected chi connectivity index (χ0v) is 63.8. The second-order valence-corrected chi connectivity index (χ2v) is 30.2. The molecular weight excluding hydrogens is 1140 g/mol. The average molecular weight is 1310 g/mol. The number of amides is 1. The van der Waals surface area contributed by atoms with Crippen molar-refractivity contribution in [2.45, 2.75) is 520 Å². The van der Waals surface area contributed by atoms with Crippen LogP contribution in [0.3, 0.4) is 0 Å². The van der Waals surface area contributed by atoms with Crippen LogP contribution in [0.4, 0.5) is 0 Å². The number of esters is 1. The fraction of sp³-hybridized carbons (Fsp3) is 0.954. The van der Waals surface area contributed by atoms with E-state index in [4.69, 9.17) is 4.74 Å². The summed E-state index contributed by atoms with van der Waals surface area (Å²) in [7, 11) is 0. The molecule has 0 aromatic rings. The second-order valence-electron chi connectivity index (χ2n) is 30.2. The summed E-state index contributed by atoms with van der Waals surface area (Å²) in [4.78, 5) is 24.7. The number of unbranched alkanes of at least 4 members (excludes halogenated alkanes) is 72. The first-order valence-electron chi connectivity index (χ1n) is 43.5. The van der Waals surface area contributed by atoms with E-state index in [1.54, 1.807) is 6.08 Å². The van der Waals surface area contributed by atoms with Gasteiger partial charge in [-0.05, 0) is 32.1 Å². The Morgan fingerprint density at radius 3 is 0.731 bits per heavy atom. The highest BCUT2D eigenvalue weighted by Gasteiger charge is 2.18. The van der Waals surface area contributed by atoms with E-state index in [0.717, 1.165) is 38.5 Å². The van der Waals surface area contributed by atoms with Gasteiger partial charge in [0.1, 0.15) is 0 Å². The third kappa shape index (κ3) is 79.5. The molecule has 0 aliphatic heterocycles. The van der Waals surface area contributed by atoms with Crippen LogP contribution in [0, 0.1) is 0 Å². The van der Waals surface area contributed by atoms with Crippen LogP contribution < -0.4 is 5.32 Å². The number of aliphatic hydroxyl groups is 2. The molecule has 0 fully saturated rings. The molecule has 6 nitrogen and oxygen atoms in total. The molecule has 0 rings (SSSR count). The zero-order valence-electron chi connectivity index (χ0n) is 63.8. The van der Waals surface area contributed by atoms with E-state index in [2.05, 4.69) is 19.2 Å². The standard InChI is InChI=1S/C87H171NO5/c1-3-5-7-9-11-13-15-17-19-21-23-24-25-35-38-41-44-47-51-55-59-63-67-71-75-79-85(90)84(83-89)88-86(91)80-76-72-68-64-60-56-52-48-45-42-39-36-33-31-29-27-26-28-30-32-34-37-40-43-46-50-54-58-62-66-70-74-78-82-93-87(92)81-77-73-69-65-61-57-53-49-22-20-18-16-14-12-10-8-6-4-2/h75,79,84-85,89-90H,3-74,76-78,80-83H2,1-2H3,(H,88,91)/b79-75+. The molecule has 0 aliphatic rings. The molecule has 93 heavy (non-hydrogen) atoms. The number of hydrogen-bond acceptors (Lipinski definition) is 5. The first-order chi connectivity index (χ1) is 46.0. The predicted octanol–water partition coefficient (Wildman–Crippen LogP) is 29.0. The Balaban J connectivity index is 3.33. The van der Waals surface area contributed by atoms with E-state index < -0.39 is 12.1 Å². The quantitative estimate of drug-likeness (QED) is 0.0320. The molecule has 0 aromatic carbocycles. The van der Waals surface area contributed by atoms with Crippen molar-refractivity contribution in [1.82, 2.24) is 5.32 Å². The number of aliphatic hydroxyl groups excluding tert-OH is 2. The van der Waals surface area contributed by atoms with Crippen LogP contribution in [0.2, 0.25) is 0 Å². The van der Waals surface area contributed by atoms with E-state index in [9.17, 15) is 19.8 Å². The Morgan fingerprint density at radius 1 is 0.290 bits per heavy atom. The summed E-state index contributed by atoms with van der Waals surface area (Å²) in [5.41, 5.74) is 0. The van der Waals surface area contributed by atoms with Crippen molar-refractivity contribution >= 4 is 11.9 Å². The molecule has 0 spiro atoms. The van der Waals surface area contributed by atoms with Gasteiger partial charge in [-0.25, -0.2) is 0 Å². The molecule has 0 saturated carbocycles. The normalized spacial score (nSPS) is 12.4. The van der Waals surface area contributed by atoms with Gasteiger partial charge >= 0.3 is 5.97 Å². The average Bonchev–Trinajstić information content (AvgIpc) is 3.78. The van der Waals surface area contributed by atoms with Gasteiger partial charge in [0.2, 0.25) is 5.91 Å². The van der Waals surface area contributed by atoms with Crippen molar-refractivity contribution in [3.63, 3.8) is 0 Å². The van der Waals surface area contributed by atoms with E-state index in [-0.39, 0.29) is 18.5 Å². The number of hydrogen-bond donors (Lipinski definition) is 3. The van der Waals surface area contributed by atoms with E-state index in [1.165, 1.54) is 443 Å². The lowest BCUT2D eigenvalue weighted by molar-refractivity contribution is -0.143. The molecule has 3 N–H and O–H groups in total. The Labute approximate surface area is 584 Å². The van der Waals surface area contributed by atoms with Gasteiger partial charge in [0.05, 0.1) is 25.4 Å². The lowest BCUT2D eigenvalue weighted by Crippen LogP contribution is -2.45. The van der Waals surface area contributed by atoms with E-state index >= 15 is 0 Å². The largest absolute Gasteiger partial charge is 0.466 e. The number of ether oxygens (including phenoxy) is 1. The topological polar surface area (TPSA) is 95.9 Å². The van der Waals surface area contributed by atoms with Crippen LogP contribution in [-0.2, 0) is 14.3 Å².